The fourth-order valence-corrected chi connectivity index (χ4v) is 7.04. The highest BCUT2D eigenvalue weighted by molar-refractivity contribution is 5.90. The van der Waals surface area contributed by atoms with Crippen molar-refractivity contribution in [2.24, 2.45) is 0 Å². The van der Waals surface area contributed by atoms with Crippen LogP contribution in [-0.2, 0) is 38.7 Å². The van der Waals surface area contributed by atoms with E-state index in [-0.39, 0.29) is 45.2 Å². The number of nitrogens with zero attached hydrogens (tertiary/aromatic N) is 4. The Bertz CT molecular complexity index is 1420. The van der Waals surface area contributed by atoms with Gasteiger partial charge in [0, 0.05) is 51.4 Å². The minimum Gasteiger partial charge on any atom is -0.480 e. The zero-order valence-electron chi connectivity index (χ0n) is 33.0. The molecule has 4 N–H and O–H groups in total. The van der Waals surface area contributed by atoms with Crippen molar-refractivity contribution < 1.29 is 34.5 Å². The number of fused-ring (bicyclic) bond motifs is 2. The lowest BCUT2D eigenvalue weighted by atomic mass is 10.0. The van der Waals surface area contributed by atoms with Crippen LogP contribution in [0.25, 0.3) is 0 Å². The van der Waals surface area contributed by atoms with E-state index in [0.717, 1.165) is 31.2 Å². The van der Waals surface area contributed by atoms with E-state index in [4.69, 9.17) is 0 Å². The highest BCUT2D eigenvalue weighted by atomic mass is 16.4. The molecule has 2 bridgehead atoms. The third kappa shape index (κ3) is 19.9. The van der Waals surface area contributed by atoms with Crippen molar-refractivity contribution in [1.82, 2.24) is 19.7 Å². The van der Waals surface area contributed by atoms with Gasteiger partial charge in [0.05, 0.1) is 24.5 Å². The van der Waals surface area contributed by atoms with Crippen molar-refractivity contribution in [1.29, 1.82) is 0 Å². The Morgan fingerprint density at radius 1 is 0.709 bits per heavy atom. The van der Waals surface area contributed by atoms with Crippen LogP contribution in [0, 0.1) is 0 Å². The van der Waals surface area contributed by atoms with Crippen molar-refractivity contribution in [3.05, 3.63) is 71.6 Å². The van der Waals surface area contributed by atoms with Crippen molar-refractivity contribution in [3.63, 3.8) is 0 Å². The predicted molar refractivity (Wildman–Crippen MR) is 216 cm³/mol. The maximum atomic E-state index is 12.7. The van der Waals surface area contributed by atoms with Crippen molar-refractivity contribution in [3.8, 4) is 0 Å². The van der Waals surface area contributed by atoms with Gasteiger partial charge in [0.25, 0.3) is 0 Å². The molecular weight excluding hydrogens is 699 g/mol. The number of anilines is 1. The number of pyridine rings is 1. The van der Waals surface area contributed by atoms with E-state index >= 15 is 0 Å². The standard InChI is InChI=1S/C43H65N5O7/c1-2-3-4-5-6-7-8-9-10-11-12-13-14-15-16-20-40(49)45-36-24-21-35(22-25-36)23-26-39(43(54)55)48-29-27-46(33-41(50)51)31-37-18-17-19-38(44-37)32-47(28-30-48)34-42(52)53/h9-10,17-19,21-22,24-25,39H,2-8,11-16,20,23,26-34H2,1H3,(H,45,49)(H,50,51)(H,52,53)(H,54,55). The lowest BCUT2D eigenvalue weighted by Gasteiger charge is -2.33. The zero-order valence-corrected chi connectivity index (χ0v) is 33.0. The van der Waals surface area contributed by atoms with Gasteiger partial charge in [0.1, 0.15) is 6.04 Å². The first-order valence-electron chi connectivity index (χ1n) is 20.5. The first-order valence-corrected chi connectivity index (χ1v) is 20.5. The Balaban J connectivity index is 1.44. The van der Waals surface area contributed by atoms with Crippen molar-refractivity contribution >= 4 is 29.5 Å². The molecule has 1 unspecified atom stereocenters. The minimum absolute atomic E-state index is 0.0106. The molecule has 0 radical (unpaired) electrons. The van der Waals surface area contributed by atoms with E-state index in [1.807, 2.05) is 35.2 Å². The highest BCUT2D eigenvalue weighted by Gasteiger charge is 2.27. The van der Waals surface area contributed by atoms with E-state index in [9.17, 15) is 34.5 Å². The molecule has 1 aliphatic rings. The first kappa shape index (κ1) is 45.3. The summed E-state index contributed by atoms with van der Waals surface area (Å²) in [5, 5.41) is 32.4. The molecular formula is C43H65N5O7. The second-order valence-corrected chi connectivity index (χ2v) is 14.8. The predicted octanol–water partition coefficient (Wildman–Crippen LogP) is 7.23. The van der Waals surface area contributed by atoms with E-state index in [1.54, 1.807) is 21.9 Å². The number of amides is 1. The Hall–Kier alpha value is -4.13. The number of carboxylic acids is 3. The van der Waals surface area contributed by atoms with Gasteiger partial charge in [-0.25, -0.2) is 0 Å². The highest BCUT2D eigenvalue weighted by Crippen LogP contribution is 2.17. The molecule has 12 heteroatoms. The van der Waals surface area contributed by atoms with Gasteiger partial charge in [0.15, 0.2) is 0 Å². The van der Waals surface area contributed by atoms with Crippen molar-refractivity contribution in [2.75, 3.05) is 44.6 Å². The molecule has 12 nitrogen and oxygen atoms in total. The number of benzene rings is 1. The maximum Gasteiger partial charge on any atom is 0.320 e. The molecule has 1 aromatic heterocycles. The summed E-state index contributed by atoms with van der Waals surface area (Å²) in [7, 11) is 0. The molecule has 0 saturated carbocycles. The Kier molecular flexibility index (Phi) is 21.9. The second-order valence-electron chi connectivity index (χ2n) is 14.8. The molecule has 1 aromatic carbocycles. The molecule has 0 spiro atoms. The summed E-state index contributed by atoms with van der Waals surface area (Å²) in [4.78, 5) is 58.5. The fraction of sp³-hybridized carbons (Fsp3) is 0.605. The second kappa shape index (κ2) is 26.6. The number of carbonyl (C=O) groups is 4. The monoisotopic (exact) mass is 763 g/mol. The molecule has 1 atom stereocenters. The van der Waals surface area contributed by atoms with Crippen LogP contribution in [-0.4, -0.2) is 104 Å². The lowest BCUT2D eigenvalue weighted by molar-refractivity contribution is -0.145. The average molecular weight is 764 g/mol. The van der Waals surface area contributed by atoms with E-state index in [1.165, 1.54) is 57.8 Å². The quantitative estimate of drug-likeness (QED) is 0.0596. The van der Waals surface area contributed by atoms with Crippen LogP contribution in [0.3, 0.4) is 0 Å². The lowest BCUT2D eigenvalue weighted by Crippen LogP contribution is -2.49. The minimum atomic E-state index is -0.993. The summed E-state index contributed by atoms with van der Waals surface area (Å²) >= 11 is 0. The molecule has 304 valence electrons. The van der Waals surface area contributed by atoms with Crippen LogP contribution in [0.15, 0.2) is 54.6 Å². The van der Waals surface area contributed by atoms with Gasteiger partial charge in [-0.05, 0) is 74.8 Å². The number of rotatable bonds is 25. The molecule has 0 fully saturated rings. The third-order valence-electron chi connectivity index (χ3n) is 10.1. The number of allylic oxidation sites excluding steroid dienone is 2. The summed E-state index contributed by atoms with van der Waals surface area (Å²) in [5.41, 5.74) is 2.97. The summed E-state index contributed by atoms with van der Waals surface area (Å²) in [6, 6.07) is 12.1. The number of aryl methyl sites for hydroxylation is 1. The molecule has 1 aliphatic heterocycles. The van der Waals surface area contributed by atoms with Crippen LogP contribution < -0.4 is 5.32 Å². The van der Waals surface area contributed by atoms with Gasteiger partial charge in [-0.3, -0.25) is 38.9 Å². The average Bonchev–Trinajstić information content (AvgIpc) is 3.13. The van der Waals surface area contributed by atoms with Crippen LogP contribution in [0.4, 0.5) is 5.69 Å². The molecule has 2 aromatic rings. The molecule has 0 aliphatic carbocycles. The Morgan fingerprint density at radius 3 is 1.76 bits per heavy atom. The smallest absolute Gasteiger partial charge is 0.320 e. The fourth-order valence-electron chi connectivity index (χ4n) is 7.04. The topological polar surface area (TPSA) is 164 Å². The van der Waals surface area contributed by atoms with Crippen LogP contribution >= 0.6 is 0 Å². The normalized spacial score (nSPS) is 15.3. The summed E-state index contributed by atoms with van der Waals surface area (Å²) in [6.07, 6.45) is 21.7. The molecule has 55 heavy (non-hydrogen) atoms. The van der Waals surface area contributed by atoms with Gasteiger partial charge in [0.2, 0.25) is 5.91 Å². The number of aromatic nitrogens is 1. The van der Waals surface area contributed by atoms with Gasteiger partial charge < -0.3 is 20.6 Å². The number of nitrogens with one attached hydrogen (secondary N) is 1. The number of unbranched alkanes of at least 4 members (excludes halogenated alkanes) is 11. The molecule has 0 saturated heterocycles. The maximum absolute atomic E-state index is 12.7. The number of hydrogen-bond donors (Lipinski definition) is 4. The summed E-state index contributed by atoms with van der Waals surface area (Å²) in [5.74, 6) is -2.98. The van der Waals surface area contributed by atoms with Gasteiger partial charge in [-0.1, -0.05) is 88.6 Å². The van der Waals surface area contributed by atoms with E-state index < -0.39 is 23.9 Å². The SMILES string of the molecule is CCCCCCCCC=CCCCCCCCC(=O)Nc1ccc(CCC(C(=O)O)N2CCN(CC(=O)O)Cc3cccc(n3)CN(CC(=O)O)CC2)cc1. The number of carbonyl (C=O) groups excluding carboxylic acids is 1. The van der Waals surface area contributed by atoms with Gasteiger partial charge in [-0.15, -0.1) is 0 Å². The summed E-state index contributed by atoms with van der Waals surface area (Å²) < 4.78 is 0. The van der Waals surface area contributed by atoms with Crippen molar-refractivity contribution in [2.45, 2.75) is 129 Å². The Morgan fingerprint density at radius 2 is 1.24 bits per heavy atom. The zero-order chi connectivity index (χ0) is 39.7. The number of hydrogen-bond acceptors (Lipinski definition) is 8. The number of carboxylic acid groups (broad SMARTS) is 3. The van der Waals surface area contributed by atoms with Gasteiger partial charge in [-0.2, -0.15) is 0 Å². The van der Waals surface area contributed by atoms with Crippen LogP contribution in [0.5, 0.6) is 0 Å². The Labute approximate surface area is 328 Å². The van der Waals surface area contributed by atoms with Crippen LogP contribution in [0.2, 0.25) is 0 Å². The molecule has 2 heterocycles. The summed E-state index contributed by atoms with van der Waals surface area (Å²) in [6.45, 7) is 3.51. The molecule has 3 rings (SSSR count). The van der Waals surface area contributed by atoms with Gasteiger partial charge >= 0.3 is 17.9 Å². The van der Waals surface area contributed by atoms with Crippen LogP contribution in [0.1, 0.15) is 120 Å². The third-order valence-corrected chi connectivity index (χ3v) is 10.1. The number of aliphatic carboxylic acids is 3. The van der Waals surface area contributed by atoms with E-state index in [2.05, 4.69) is 29.4 Å². The molecule has 1 amide bonds. The first-order chi connectivity index (χ1) is 26.6. The largest absolute Gasteiger partial charge is 0.480 e. The van der Waals surface area contributed by atoms with E-state index in [0.29, 0.717) is 49.4 Å².